The van der Waals surface area contributed by atoms with Crippen LogP contribution < -0.4 is 14.2 Å². The van der Waals surface area contributed by atoms with E-state index in [-0.39, 0.29) is 56.4 Å². The number of ether oxygens (including phenoxy) is 2. The van der Waals surface area contributed by atoms with Crippen LogP contribution in [-0.2, 0) is 11.0 Å². The molecule has 1 atom stereocenters. The average molecular weight is 553 g/mol. The number of halogens is 3. The molecule has 0 saturated carbocycles. The minimum absolute atomic E-state index is 0.0201. The van der Waals surface area contributed by atoms with Crippen molar-refractivity contribution >= 4 is 38.5 Å². The van der Waals surface area contributed by atoms with E-state index in [2.05, 4.69) is 20.7 Å². The van der Waals surface area contributed by atoms with Crippen molar-refractivity contribution in [3.63, 3.8) is 0 Å². The molecule has 2 N–H and O–H groups in total. The average Bonchev–Trinajstić information content (AvgIpc) is 2.81. The minimum Gasteiger partial charge on any atom is -0.505 e. The fraction of sp³-hybridized carbons (Fsp3) is 0.174. The number of amides is 1. The zero-order valence-corrected chi connectivity index (χ0v) is 20.4. The van der Waals surface area contributed by atoms with Gasteiger partial charge in [0.1, 0.15) is 40.4 Å². The number of rotatable bonds is 1. The van der Waals surface area contributed by atoms with E-state index < -0.39 is 28.5 Å². The summed E-state index contributed by atoms with van der Waals surface area (Å²) in [5, 5.41) is 10.4. The summed E-state index contributed by atoms with van der Waals surface area (Å²) in [5.41, 5.74) is 0.134. The SMILES string of the molecule is COc1ccc2c(c1)-c1cc(c(F)cc1F)NS(=O)c1cc(cc(Br)c1O)C(=O)N(C)CCO2. The van der Waals surface area contributed by atoms with Crippen LogP contribution in [0, 0.1) is 11.6 Å². The molecule has 3 aromatic rings. The molecule has 3 aromatic carbocycles. The Kier molecular flexibility index (Phi) is 6.76. The van der Waals surface area contributed by atoms with Crippen molar-refractivity contribution in [2.24, 2.45) is 0 Å². The van der Waals surface area contributed by atoms with Crippen molar-refractivity contribution < 1.29 is 32.4 Å². The van der Waals surface area contributed by atoms with Crippen molar-refractivity contribution in [1.82, 2.24) is 4.90 Å². The zero-order valence-electron chi connectivity index (χ0n) is 18.0. The third-order valence-corrected chi connectivity index (χ3v) is 6.96. The molecule has 7 nitrogen and oxygen atoms in total. The van der Waals surface area contributed by atoms with Gasteiger partial charge >= 0.3 is 0 Å². The number of phenolic OH excluding ortho intramolecular Hbond substituents is 1. The summed E-state index contributed by atoms with van der Waals surface area (Å²) in [5.74, 6) is -1.94. The molecule has 1 amide bonds. The van der Waals surface area contributed by atoms with Crippen molar-refractivity contribution in [3.8, 4) is 28.4 Å². The highest BCUT2D eigenvalue weighted by molar-refractivity contribution is 9.10. The molecule has 4 bridgehead atoms. The number of nitrogens with one attached hydrogen (secondary N) is 1. The molecule has 34 heavy (non-hydrogen) atoms. The van der Waals surface area contributed by atoms with Crippen LogP contribution in [-0.4, -0.2) is 47.4 Å². The maximum atomic E-state index is 14.9. The van der Waals surface area contributed by atoms with E-state index in [1.807, 2.05) is 0 Å². The molecule has 1 heterocycles. The Morgan fingerprint density at radius 2 is 1.91 bits per heavy atom. The number of anilines is 1. The Morgan fingerprint density at radius 1 is 1.15 bits per heavy atom. The number of nitrogens with zero attached hydrogens (tertiary/aromatic N) is 1. The molecule has 1 unspecified atom stereocenters. The smallest absolute Gasteiger partial charge is 0.253 e. The van der Waals surface area contributed by atoms with Gasteiger partial charge in [-0.25, -0.2) is 13.0 Å². The van der Waals surface area contributed by atoms with E-state index in [1.54, 1.807) is 19.2 Å². The second-order valence-corrected chi connectivity index (χ2v) is 9.46. The molecule has 1 aliphatic rings. The Balaban J connectivity index is 1.91. The maximum Gasteiger partial charge on any atom is 0.253 e. The Morgan fingerprint density at radius 3 is 2.65 bits per heavy atom. The van der Waals surface area contributed by atoms with Gasteiger partial charge in [0.15, 0.2) is 11.0 Å². The van der Waals surface area contributed by atoms with E-state index in [0.717, 1.165) is 6.07 Å². The van der Waals surface area contributed by atoms with Gasteiger partial charge in [0.25, 0.3) is 5.91 Å². The first kappa shape index (κ1) is 24.0. The number of hydrogen-bond acceptors (Lipinski definition) is 5. The van der Waals surface area contributed by atoms with Crippen LogP contribution in [0.5, 0.6) is 17.2 Å². The third-order valence-electron chi connectivity index (χ3n) is 5.24. The molecule has 11 heteroatoms. The fourth-order valence-electron chi connectivity index (χ4n) is 3.41. The summed E-state index contributed by atoms with van der Waals surface area (Å²) >= 11 is 3.16. The Labute approximate surface area is 205 Å². The molecule has 0 spiro atoms. The van der Waals surface area contributed by atoms with E-state index in [0.29, 0.717) is 11.8 Å². The van der Waals surface area contributed by atoms with Crippen molar-refractivity contribution in [3.05, 3.63) is 64.1 Å². The number of phenols is 1. The number of carbonyl (C=O) groups excluding carboxylic acids is 1. The molecule has 0 radical (unpaired) electrons. The first-order valence-corrected chi connectivity index (χ1v) is 11.9. The van der Waals surface area contributed by atoms with Crippen molar-refractivity contribution in [1.29, 1.82) is 0 Å². The van der Waals surface area contributed by atoms with Crippen LogP contribution in [0.4, 0.5) is 14.5 Å². The molecule has 0 aromatic heterocycles. The van der Waals surface area contributed by atoms with Gasteiger partial charge in [-0.3, -0.25) is 9.52 Å². The summed E-state index contributed by atoms with van der Waals surface area (Å²) in [4.78, 5) is 14.2. The molecule has 178 valence electrons. The lowest BCUT2D eigenvalue weighted by molar-refractivity contribution is 0.0773. The van der Waals surface area contributed by atoms with Crippen LogP contribution in [0.2, 0.25) is 0 Å². The van der Waals surface area contributed by atoms with Gasteiger partial charge in [-0.15, -0.1) is 0 Å². The Bertz CT molecular complexity index is 1320. The number of carbonyl (C=O) groups is 1. The molecule has 0 aliphatic carbocycles. The van der Waals surface area contributed by atoms with Crippen LogP contribution in [0.1, 0.15) is 10.4 Å². The predicted octanol–water partition coefficient (Wildman–Crippen LogP) is 4.71. The minimum atomic E-state index is -2.19. The van der Waals surface area contributed by atoms with Gasteiger partial charge in [0.2, 0.25) is 0 Å². The van der Waals surface area contributed by atoms with Crippen LogP contribution in [0.15, 0.2) is 51.8 Å². The summed E-state index contributed by atoms with van der Waals surface area (Å²) in [7, 11) is 0.817. The van der Waals surface area contributed by atoms with E-state index >= 15 is 0 Å². The molecule has 0 saturated heterocycles. The lowest BCUT2D eigenvalue weighted by Gasteiger charge is -2.19. The van der Waals surface area contributed by atoms with Gasteiger partial charge in [-0.2, -0.15) is 0 Å². The van der Waals surface area contributed by atoms with Gasteiger partial charge in [-0.1, -0.05) is 0 Å². The molecular formula is C23H19BrF2N2O5S. The van der Waals surface area contributed by atoms with E-state index in [9.17, 15) is 22.9 Å². The zero-order chi connectivity index (χ0) is 24.6. The van der Waals surface area contributed by atoms with Gasteiger partial charge in [0.05, 0.1) is 23.8 Å². The molecule has 1 aliphatic heterocycles. The highest BCUT2D eigenvalue weighted by atomic mass is 79.9. The topological polar surface area (TPSA) is 88.1 Å². The quantitative estimate of drug-likeness (QED) is 0.456. The number of benzene rings is 3. The largest absolute Gasteiger partial charge is 0.505 e. The molecule has 0 fully saturated rings. The summed E-state index contributed by atoms with van der Waals surface area (Å²) in [6.45, 7) is 0.254. The molecular weight excluding hydrogens is 534 g/mol. The van der Waals surface area contributed by atoms with Gasteiger partial charge in [-0.05, 0) is 52.3 Å². The number of likely N-dealkylation sites (N-methyl/N-ethyl adjacent to an activating group) is 1. The number of methoxy groups -OCH3 is 1. The van der Waals surface area contributed by atoms with Crippen molar-refractivity contribution in [2.75, 3.05) is 32.0 Å². The second kappa shape index (κ2) is 9.59. The first-order chi connectivity index (χ1) is 16.2. The molecule has 4 rings (SSSR count). The van der Waals surface area contributed by atoms with Crippen LogP contribution >= 0.6 is 15.9 Å². The highest BCUT2D eigenvalue weighted by Crippen LogP contribution is 2.38. The highest BCUT2D eigenvalue weighted by Gasteiger charge is 2.23. The van der Waals surface area contributed by atoms with Crippen LogP contribution in [0.25, 0.3) is 11.1 Å². The standard InChI is InChI=1S/C23H19BrF2N2O5S/c1-28-5-6-33-20-4-3-13(32-2)9-15(20)14-10-19(18(26)11-17(14)25)27-34(31)21-8-12(23(28)30)7-16(24)22(21)29/h3-4,7-11,27,29H,5-6H2,1-2H3. The van der Waals surface area contributed by atoms with Gasteiger partial charge in [0, 0.05) is 29.8 Å². The number of hydrogen-bond donors (Lipinski definition) is 2. The Hall–Kier alpha value is -3.18. The third kappa shape index (κ3) is 4.58. The lowest BCUT2D eigenvalue weighted by atomic mass is 10.0. The normalized spacial score (nSPS) is 16.0. The van der Waals surface area contributed by atoms with Gasteiger partial charge < -0.3 is 19.5 Å². The number of fused-ring (bicyclic) bond motifs is 6. The van der Waals surface area contributed by atoms with Crippen LogP contribution in [0.3, 0.4) is 0 Å². The fourth-order valence-corrected chi connectivity index (χ4v) is 4.99. The summed E-state index contributed by atoms with van der Waals surface area (Å²) in [6.07, 6.45) is 0. The maximum absolute atomic E-state index is 14.9. The second-order valence-electron chi connectivity index (χ2n) is 7.42. The predicted molar refractivity (Wildman–Crippen MR) is 127 cm³/mol. The monoisotopic (exact) mass is 552 g/mol. The van der Waals surface area contributed by atoms with E-state index in [4.69, 9.17) is 9.47 Å². The first-order valence-electron chi connectivity index (χ1n) is 9.96. The van der Waals surface area contributed by atoms with E-state index in [1.165, 1.54) is 30.2 Å². The number of aromatic hydroxyl groups is 1. The summed E-state index contributed by atoms with van der Waals surface area (Å²) < 4.78 is 56.3. The lowest BCUT2D eigenvalue weighted by Crippen LogP contribution is -2.31. The summed E-state index contributed by atoms with van der Waals surface area (Å²) in [6, 6.07) is 9.22. The van der Waals surface area contributed by atoms with Crippen molar-refractivity contribution in [2.45, 2.75) is 4.90 Å².